The molecule has 0 radical (unpaired) electrons. The van der Waals surface area contributed by atoms with Crippen LogP contribution in [0.15, 0.2) is 53.9 Å². The Morgan fingerprint density at radius 1 is 1.15 bits per heavy atom. The molecule has 0 spiro atoms. The highest BCUT2D eigenvalue weighted by Gasteiger charge is 2.13. The molecule has 0 bridgehead atoms. The van der Waals surface area contributed by atoms with E-state index in [2.05, 4.69) is 35.7 Å². The summed E-state index contributed by atoms with van der Waals surface area (Å²) in [6.07, 6.45) is 0. The number of thiophene rings is 1. The topological polar surface area (TPSA) is 35.2 Å². The van der Waals surface area contributed by atoms with Crippen molar-refractivity contribution < 1.29 is 4.74 Å². The molecule has 0 aliphatic rings. The summed E-state index contributed by atoms with van der Waals surface area (Å²) in [5.74, 6) is 0.874. The predicted octanol–water partition coefficient (Wildman–Crippen LogP) is 4.35. The molecule has 0 fully saturated rings. The smallest absolute Gasteiger partial charge is 0.119 e. The average molecular weight is 283 g/mol. The van der Waals surface area contributed by atoms with E-state index in [9.17, 15) is 0 Å². The molecule has 1 aromatic heterocycles. The lowest BCUT2D eigenvalue weighted by molar-refractivity contribution is 0.340. The summed E-state index contributed by atoms with van der Waals surface area (Å²) in [5, 5.41) is 3.36. The summed E-state index contributed by atoms with van der Waals surface area (Å²) in [4.78, 5) is 0. The van der Waals surface area contributed by atoms with Crippen molar-refractivity contribution in [2.24, 2.45) is 5.73 Å². The Bertz CT molecular complexity index is 720. The molecule has 0 aliphatic heterocycles. The first-order chi connectivity index (χ1) is 9.79. The van der Waals surface area contributed by atoms with Gasteiger partial charge in [0.15, 0.2) is 0 Å². The van der Waals surface area contributed by atoms with Crippen LogP contribution in [0.3, 0.4) is 0 Å². The fraction of sp³-hybridized carbons (Fsp3) is 0.176. The second-order valence-electron chi connectivity index (χ2n) is 4.67. The van der Waals surface area contributed by atoms with Crippen molar-refractivity contribution in [1.29, 1.82) is 0 Å². The molecule has 20 heavy (non-hydrogen) atoms. The molecule has 1 unspecified atom stereocenters. The van der Waals surface area contributed by atoms with Gasteiger partial charge in [-0.05, 0) is 47.0 Å². The maximum absolute atomic E-state index is 6.46. The fourth-order valence-electron chi connectivity index (χ4n) is 2.41. The van der Waals surface area contributed by atoms with Gasteiger partial charge in [0.2, 0.25) is 0 Å². The molecule has 3 heteroatoms. The normalized spacial score (nSPS) is 12.5. The molecule has 3 aromatic rings. The van der Waals surface area contributed by atoms with E-state index in [1.54, 1.807) is 11.3 Å². The molecule has 0 saturated heterocycles. The standard InChI is InChI=1S/C17H17NOS/c1-2-19-14-7-3-6-13(11-14)16(18)15-8-4-5-12-9-10-20-17(12)15/h3-11,16H,2,18H2,1H3. The lowest BCUT2D eigenvalue weighted by atomic mass is 9.98. The Labute approximate surface area is 122 Å². The predicted molar refractivity (Wildman–Crippen MR) is 85.5 cm³/mol. The van der Waals surface area contributed by atoms with Crippen molar-refractivity contribution >= 4 is 21.4 Å². The highest BCUT2D eigenvalue weighted by atomic mass is 32.1. The number of fused-ring (bicyclic) bond motifs is 1. The SMILES string of the molecule is CCOc1cccc(C(N)c2cccc3ccsc23)c1. The summed E-state index contributed by atoms with van der Waals surface area (Å²) < 4.78 is 6.82. The Hall–Kier alpha value is -1.84. The molecule has 0 amide bonds. The van der Waals surface area contributed by atoms with Gasteiger partial charge in [-0.1, -0.05) is 30.3 Å². The van der Waals surface area contributed by atoms with Gasteiger partial charge in [0.1, 0.15) is 5.75 Å². The zero-order valence-corrected chi connectivity index (χ0v) is 12.2. The van der Waals surface area contributed by atoms with E-state index >= 15 is 0 Å². The molecule has 0 saturated carbocycles. The Kier molecular flexibility index (Phi) is 3.72. The minimum absolute atomic E-state index is 0.127. The van der Waals surface area contributed by atoms with Gasteiger partial charge in [0.25, 0.3) is 0 Å². The molecule has 2 N–H and O–H groups in total. The number of ether oxygens (including phenoxy) is 1. The van der Waals surface area contributed by atoms with Crippen molar-refractivity contribution in [3.05, 3.63) is 65.0 Å². The van der Waals surface area contributed by atoms with Gasteiger partial charge >= 0.3 is 0 Å². The largest absolute Gasteiger partial charge is 0.494 e. The van der Waals surface area contributed by atoms with Crippen LogP contribution in [0.2, 0.25) is 0 Å². The van der Waals surface area contributed by atoms with Gasteiger partial charge in [-0.2, -0.15) is 0 Å². The minimum Gasteiger partial charge on any atom is -0.494 e. The van der Waals surface area contributed by atoms with Gasteiger partial charge in [0, 0.05) is 4.70 Å². The minimum atomic E-state index is -0.127. The van der Waals surface area contributed by atoms with E-state index < -0.39 is 0 Å². The lowest BCUT2D eigenvalue weighted by Crippen LogP contribution is -2.12. The summed E-state index contributed by atoms with van der Waals surface area (Å²) in [6, 6.07) is 16.3. The van der Waals surface area contributed by atoms with Crippen LogP contribution in [0.4, 0.5) is 0 Å². The van der Waals surface area contributed by atoms with Gasteiger partial charge < -0.3 is 10.5 Å². The number of nitrogens with two attached hydrogens (primary N) is 1. The summed E-state index contributed by atoms with van der Waals surface area (Å²) in [7, 11) is 0. The summed E-state index contributed by atoms with van der Waals surface area (Å²) in [6.45, 7) is 2.65. The third-order valence-corrected chi connectivity index (χ3v) is 4.35. The van der Waals surface area contributed by atoms with E-state index in [-0.39, 0.29) is 6.04 Å². The van der Waals surface area contributed by atoms with Crippen LogP contribution in [0.25, 0.3) is 10.1 Å². The Balaban J connectivity index is 2.01. The number of rotatable bonds is 4. The molecule has 3 rings (SSSR count). The van der Waals surface area contributed by atoms with E-state index in [0.717, 1.165) is 11.3 Å². The fourth-order valence-corrected chi connectivity index (χ4v) is 3.36. The van der Waals surface area contributed by atoms with E-state index in [1.807, 2.05) is 25.1 Å². The second-order valence-corrected chi connectivity index (χ2v) is 5.59. The Morgan fingerprint density at radius 2 is 2.00 bits per heavy atom. The van der Waals surface area contributed by atoms with Gasteiger partial charge in [-0.3, -0.25) is 0 Å². The first-order valence-electron chi connectivity index (χ1n) is 6.74. The van der Waals surface area contributed by atoms with Gasteiger partial charge in [-0.15, -0.1) is 11.3 Å². The van der Waals surface area contributed by atoms with Gasteiger partial charge in [-0.25, -0.2) is 0 Å². The van der Waals surface area contributed by atoms with E-state index in [1.165, 1.54) is 15.6 Å². The highest BCUT2D eigenvalue weighted by molar-refractivity contribution is 7.17. The first-order valence-corrected chi connectivity index (χ1v) is 7.62. The van der Waals surface area contributed by atoms with Crippen LogP contribution in [-0.4, -0.2) is 6.61 Å². The van der Waals surface area contributed by atoms with Crippen molar-refractivity contribution in [1.82, 2.24) is 0 Å². The van der Waals surface area contributed by atoms with E-state index in [0.29, 0.717) is 6.61 Å². The highest BCUT2D eigenvalue weighted by Crippen LogP contribution is 2.32. The first kappa shape index (κ1) is 13.2. The maximum Gasteiger partial charge on any atom is 0.119 e. The molecular formula is C17H17NOS. The number of hydrogen-bond acceptors (Lipinski definition) is 3. The maximum atomic E-state index is 6.46. The number of hydrogen-bond donors (Lipinski definition) is 1. The van der Waals surface area contributed by atoms with Gasteiger partial charge in [0.05, 0.1) is 12.6 Å². The number of benzene rings is 2. The second kappa shape index (κ2) is 5.65. The van der Waals surface area contributed by atoms with Crippen molar-refractivity contribution in [2.45, 2.75) is 13.0 Å². The van der Waals surface area contributed by atoms with E-state index in [4.69, 9.17) is 10.5 Å². The molecule has 1 atom stereocenters. The van der Waals surface area contributed by atoms with Crippen LogP contribution >= 0.6 is 11.3 Å². The summed E-state index contributed by atoms with van der Waals surface area (Å²) >= 11 is 1.74. The zero-order chi connectivity index (χ0) is 13.9. The van der Waals surface area contributed by atoms with Crippen LogP contribution in [0.1, 0.15) is 24.1 Å². The van der Waals surface area contributed by atoms with Crippen molar-refractivity contribution in [3.63, 3.8) is 0 Å². The average Bonchev–Trinajstić information content (AvgIpc) is 2.95. The molecule has 1 heterocycles. The van der Waals surface area contributed by atoms with Crippen molar-refractivity contribution in [2.75, 3.05) is 6.61 Å². The van der Waals surface area contributed by atoms with Crippen LogP contribution in [0, 0.1) is 0 Å². The Morgan fingerprint density at radius 3 is 2.85 bits per heavy atom. The zero-order valence-electron chi connectivity index (χ0n) is 11.4. The quantitative estimate of drug-likeness (QED) is 0.772. The van der Waals surface area contributed by atoms with Crippen molar-refractivity contribution in [3.8, 4) is 5.75 Å². The molecule has 102 valence electrons. The third-order valence-electron chi connectivity index (χ3n) is 3.37. The van der Waals surface area contributed by atoms with Crippen LogP contribution in [-0.2, 0) is 0 Å². The molecular weight excluding hydrogens is 266 g/mol. The van der Waals surface area contributed by atoms with Crippen LogP contribution < -0.4 is 10.5 Å². The monoisotopic (exact) mass is 283 g/mol. The summed E-state index contributed by atoms with van der Waals surface area (Å²) in [5.41, 5.74) is 8.71. The third kappa shape index (κ3) is 2.42. The lowest BCUT2D eigenvalue weighted by Gasteiger charge is -2.15. The van der Waals surface area contributed by atoms with Crippen LogP contribution in [0.5, 0.6) is 5.75 Å². The molecule has 2 aromatic carbocycles. The molecule has 2 nitrogen and oxygen atoms in total. The molecule has 0 aliphatic carbocycles.